The molecular weight excluding hydrogens is 394 g/mol. The number of methoxy groups -OCH3 is 1. The smallest absolute Gasteiger partial charge is 0.274 e. The highest BCUT2D eigenvalue weighted by Gasteiger charge is 2.30. The standard InChI is InChI=1S/C24H27N3O2S/c1-16-4-3-5-19(14-16)22-21(26-24(25)30-22)23(28)27(15-18-6-7-18)13-12-17-8-10-20(29-2)11-9-17/h3-5,8-11,14,18H,6-7,12-13,15H2,1-2H3,(H2,25,26). The zero-order chi connectivity index (χ0) is 21.1. The largest absolute Gasteiger partial charge is 0.497 e. The van der Waals surface area contributed by atoms with Crippen LogP contribution in [-0.2, 0) is 6.42 Å². The lowest BCUT2D eigenvalue weighted by Crippen LogP contribution is -2.35. The van der Waals surface area contributed by atoms with E-state index in [-0.39, 0.29) is 5.91 Å². The molecule has 0 spiro atoms. The number of carbonyl (C=O) groups excluding carboxylic acids is 1. The van der Waals surface area contributed by atoms with Crippen molar-refractivity contribution in [2.45, 2.75) is 26.2 Å². The van der Waals surface area contributed by atoms with E-state index in [0.717, 1.165) is 34.7 Å². The third-order valence-electron chi connectivity index (χ3n) is 5.42. The third-order valence-corrected chi connectivity index (χ3v) is 6.35. The van der Waals surface area contributed by atoms with Crippen molar-refractivity contribution in [2.75, 3.05) is 25.9 Å². The first-order valence-electron chi connectivity index (χ1n) is 10.3. The lowest BCUT2D eigenvalue weighted by molar-refractivity contribution is 0.0745. The summed E-state index contributed by atoms with van der Waals surface area (Å²) < 4.78 is 5.23. The monoisotopic (exact) mass is 421 g/mol. The first-order valence-corrected chi connectivity index (χ1v) is 11.1. The molecule has 30 heavy (non-hydrogen) atoms. The molecular formula is C24H27N3O2S. The van der Waals surface area contributed by atoms with E-state index in [2.05, 4.69) is 23.2 Å². The molecule has 0 unspecified atom stereocenters. The maximum atomic E-state index is 13.5. The van der Waals surface area contributed by atoms with Crippen LogP contribution < -0.4 is 10.5 Å². The van der Waals surface area contributed by atoms with Gasteiger partial charge in [-0.15, -0.1) is 0 Å². The fourth-order valence-corrected chi connectivity index (χ4v) is 4.38. The van der Waals surface area contributed by atoms with E-state index in [1.807, 2.05) is 42.2 Å². The van der Waals surface area contributed by atoms with Gasteiger partial charge in [-0.3, -0.25) is 4.79 Å². The topological polar surface area (TPSA) is 68.5 Å². The van der Waals surface area contributed by atoms with Crippen LogP contribution >= 0.6 is 11.3 Å². The zero-order valence-electron chi connectivity index (χ0n) is 17.4. The number of carbonyl (C=O) groups is 1. The zero-order valence-corrected chi connectivity index (χ0v) is 18.2. The summed E-state index contributed by atoms with van der Waals surface area (Å²) >= 11 is 1.38. The maximum Gasteiger partial charge on any atom is 0.274 e. The molecule has 1 amide bonds. The molecule has 1 fully saturated rings. The number of hydrogen-bond donors (Lipinski definition) is 1. The highest BCUT2D eigenvalue weighted by Crippen LogP contribution is 2.35. The highest BCUT2D eigenvalue weighted by atomic mass is 32.1. The van der Waals surface area contributed by atoms with Gasteiger partial charge in [-0.05, 0) is 55.4 Å². The van der Waals surface area contributed by atoms with Gasteiger partial charge in [-0.25, -0.2) is 4.98 Å². The van der Waals surface area contributed by atoms with Gasteiger partial charge in [0, 0.05) is 13.1 Å². The second-order valence-electron chi connectivity index (χ2n) is 7.89. The van der Waals surface area contributed by atoms with Crippen molar-refractivity contribution in [3.05, 3.63) is 65.4 Å². The minimum atomic E-state index is -0.0279. The second kappa shape index (κ2) is 8.88. The average Bonchev–Trinajstić information content (AvgIpc) is 3.49. The Morgan fingerprint density at radius 1 is 1.23 bits per heavy atom. The summed E-state index contributed by atoms with van der Waals surface area (Å²) in [6.07, 6.45) is 3.17. The van der Waals surface area contributed by atoms with E-state index in [1.54, 1.807) is 7.11 Å². The summed E-state index contributed by atoms with van der Waals surface area (Å²) in [5, 5.41) is 0.427. The summed E-state index contributed by atoms with van der Waals surface area (Å²) in [4.78, 5) is 20.8. The van der Waals surface area contributed by atoms with Gasteiger partial charge >= 0.3 is 0 Å². The van der Waals surface area contributed by atoms with Crippen LogP contribution in [0.25, 0.3) is 10.4 Å². The number of benzene rings is 2. The number of ether oxygens (including phenoxy) is 1. The van der Waals surface area contributed by atoms with E-state index in [0.29, 0.717) is 23.3 Å². The molecule has 5 nitrogen and oxygen atoms in total. The van der Waals surface area contributed by atoms with Crippen molar-refractivity contribution >= 4 is 22.4 Å². The molecule has 6 heteroatoms. The van der Waals surface area contributed by atoms with Crippen molar-refractivity contribution in [3.63, 3.8) is 0 Å². The van der Waals surface area contributed by atoms with Crippen molar-refractivity contribution in [1.82, 2.24) is 9.88 Å². The van der Waals surface area contributed by atoms with Crippen molar-refractivity contribution in [1.29, 1.82) is 0 Å². The Kier molecular flexibility index (Phi) is 6.04. The molecule has 2 N–H and O–H groups in total. The molecule has 4 rings (SSSR count). The van der Waals surface area contributed by atoms with Crippen molar-refractivity contribution in [2.24, 2.45) is 5.92 Å². The van der Waals surface area contributed by atoms with Gasteiger partial charge in [0.15, 0.2) is 5.13 Å². The summed E-state index contributed by atoms with van der Waals surface area (Å²) in [5.41, 5.74) is 9.82. The Bertz CT molecular complexity index is 1030. The number of aryl methyl sites for hydroxylation is 1. The van der Waals surface area contributed by atoms with Crippen LogP contribution in [0, 0.1) is 12.8 Å². The molecule has 3 aromatic rings. The Morgan fingerprint density at radius 3 is 2.67 bits per heavy atom. The van der Waals surface area contributed by atoms with Gasteiger partial charge in [0.2, 0.25) is 0 Å². The minimum Gasteiger partial charge on any atom is -0.497 e. The van der Waals surface area contributed by atoms with Crippen LogP contribution in [0.3, 0.4) is 0 Å². The SMILES string of the molecule is COc1ccc(CCN(CC2CC2)C(=O)c2nc(N)sc2-c2cccc(C)c2)cc1. The first-order chi connectivity index (χ1) is 14.5. The maximum absolute atomic E-state index is 13.5. The molecule has 0 bridgehead atoms. The molecule has 1 aromatic heterocycles. The van der Waals surface area contributed by atoms with E-state index >= 15 is 0 Å². The summed E-state index contributed by atoms with van der Waals surface area (Å²) in [6.45, 7) is 3.48. The Labute approximate surface area is 181 Å². The first kappa shape index (κ1) is 20.4. The van der Waals surface area contributed by atoms with Gasteiger partial charge in [0.05, 0.1) is 12.0 Å². The lowest BCUT2D eigenvalue weighted by atomic mass is 10.1. The molecule has 2 aromatic carbocycles. The van der Waals surface area contributed by atoms with Crippen LogP contribution in [0.2, 0.25) is 0 Å². The molecule has 0 aliphatic heterocycles. The molecule has 0 atom stereocenters. The highest BCUT2D eigenvalue weighted by molar-refractivity contribution is 7.19. The summed E-state index contributed by atoms with van der Waals surface area (Å²) in [5.74, 6) is 1.41. The molecule has 1 aliphatic rings. The fraction of sp³-hybridized carbons (Fsp3) is 0.333. The van der Waals surface area contributed by atoms with Crippen LogP contribution in [0.15, 0.2) is 48.5 Å². The van der Waals surface area contributed by atoms with Crippen molar-refractivity contribution < 1.29 is 9.53 Å². The Morgan fingerprint density at radius 2 is 2.00 bits per heavy atom. The molecule has 1 saturated carbocycles. The minimum absolute atomic E-state index is 0.0279. The van der Waals surface area contributed by atoms with Crippen LogP contribution in [-0.4, -0.2) is 36.0 Å². The Balaban J connectivity index is 1.56. The lowest BCUT2D eigenvalue weighted by Gasteiger charge is -2.22. The number of thiazole rings is 1. The van der Waals surface area contributed by atoms with Gasteiger partial charge in [0.25, 0.3) is 5.91 Å². The Hall–Kier alpha value is -2.86. The van der Waals surface area contributed by atoms with Crippen LogP contribution in [0.1, 0.15) is 34.5 Å². The van der Waals surface area contributed by atoms with E-state index < -0.39 is 0 Å². The van der Waals surface area contributed by atoms with E-state index in [1.165, 1.54) is 29.7 Å². The number of nitrogens with two attached hydrogens (primary N) is 1. The number of rotatable bonds is 8. The number of amides is 1. The summed E-state index contributed by atoms with van der Waals surface area (Å²) in [7, 11) is 1.66. The van der Waals surface area contributed by atoms with Gasteiger partial charge in [-0.2, -0.15) is 0 Å². The van der Waals surface area contributed by atoms with E-state index in [4.69, 9.17) is 10.5 Å². The van der Waals surface area contributed by atoms with Gasteiger partial charge in [0.1, 0.15) is 11.4 Å². The predicted molar refractivity (Wildman–Crippen MR) is 122 cm³/mol. The molecule has 1 aliphatic carbocycles. The van der Waals surface area contributed by atoms with Gasteiger partial charge in [-0.1, -0.05) is 53.3 Å². The number of aromatic nitrogens is 1. The van der Waals surface area contributed by atoms with Crippen LogP contribution in [0.5, 0.6) is 5.75 Å². The van der Waals surface area contributed by atoms with E-state index in [9.17, 15) is 4.79 Å². The van der Waals surface area contributed by atoms with Crippen molar-refractivity contribution in [3.8, 4) is 16.2 Å². The summed E-state index contributed by atoms with van der Waals surface area (Å²) in [6, 6.07) is 16.2. The predicted octanol–water partition coefficient (Wildman–Crippen LogP) is 4.80. The fourth-order valence-electron chi connectivity index (χ4n) is 3.56. The second-order valence-corrected chi connectivity index (χ2v) is 8.92. The molecule has 0 radical (unpaired) electrons. The molecule has 156 valence electrons. The molecule has 1 heterocycles. The van der Waals surface area contributed by atoms with Crippen LogP contribution in [0.4, 0.5) is 5.13 Å². The third kappa shape index (κ3) is 4.82. The number of anilines is 1. The number of nitrogen functional groups attached to an aromatic ring is 1. The molecule has 0 saturated heterocycles. The number of hydrogen-bond acceptors (Lipinski definition) is 5. The normalized spacial score (nSPS) is 13.3. The quantitative estimate of drug-likeness (QED) is 0.567. The average molecular weight is 422 g/mol. The number of nitrogens with zero attached hydrogens (tertiary/aromatic N) is 2. The van der Waals surface area contributed by atoms with Gasteiger partial charge < -0.3 is 15.4 Å².